The number of amides is 1. The molecule has 1 aliphatic heterocycles. The van der Waals surface area contributed by atoms with Gasteiger partial charge < -0.3 is 9.64 Å². The van der Waals surface area contributed by atoms with Gasteiger partial charge in [0, 0.05) is 12.6 Å². The van der Waals surface area contributed by atoms with E-state index in [9.17, 15) is 4.79 Å². The Hall–Kier alpha value is -0.730. The van der Waals surface area contributed by atoms with E-state index in [0.29, 0.717) is 6.04 Å². The van der Waals surface area contributed by atoms with Crippen LogP contribution in [0, 0.1) is 5.41 Å². The maximum absolute atomic E-state index is 11.4. The first kappa shape index (κ1) is 14.3. The van der Waals surface area contributed by atoms with Gasteiger partial charge in [-0.05, 0) is 18.3 Å². The molecule has 1 heterocycles. The van der Waals surface area contributed by atoms with Crippen molar-refractivity contribution in [2.45, 2.75) is 53.5 Å². The molecular formula is C12H25NO2. The summed E-state index contributed by atoms with van der Waals surface area (Å²) in [5.74, 6) is 0. The number of ether oxygens (including phenoxy) is 1. The highest BCUT2D eigenvalue weighted by Crippen LogP contribution is 2.32. The van der Waals surface area contributed by atoms with Crippen LogP contribution in [-0.2, 0) is 4.74 Å². The number of hydrogen-bond acceptors (Lipinski definition) is 2. The molecule has 0 spiro atoms. The molecule has 1 aliphatic rings. The highest BCUT2D eigenvalue weighted by atomic mass is 16.5. The van der Waals surface area contributed by atoms with Crippen molar-refractivity contribution in [3.05, 3.63) is 0 Å². The Kier molecular flexibility index (Phi) is 5.69. The average molecular weight is 215 g/mol. The van der Waals surface area contributed by atoms with Gasteiger partial charge in [-0.25, -0.2) is 4.79 Å². The van der Waals surface area contributed by atoms with E-state index in [4.69, 9.17) is 4.74 Å². The van der Waals surface area contributed by atoms with Crippen molar-refractivity contribution in [2.24, 2.45) is 5.41 Å². The van der Waals surface area contributed by atoms with Gasteiger partial charge in [0.15, 0.2) is 0 Å². The van der Waals surface area contributed by atoms with Gasteiger partial charge in [0.05, 0.1) is 7.11 Å². The number of carbonyl (C=O) groups excluding carboxylic acids is 1. The third kappa shape index (κ3) is 3.73. The lowest BCUT2D eigenvalue weighted by Gasteiger charge is -2.33. The zero-order valence-electron chi connectivity index (χ0n) is 11.0. The molecular weight excluding hydrogens is 190 g/mol. The first-order chi connectivity index (χ1) is 6.96. The Morgan fingerprint density at radius 3 is 2.27 bits per heavy atom. The minimum atomic E-state index is -0.183. The zero-order chi connectivity index (χ0) is 12.1. The minimum absolute atomic E-state index is 0.157. The van der Waals surface area contributed by atoms with Gasteiger partial charge in [-0.15, -0.1) is 0 Å². The van der Waals surface area contributed by atoms with Crippen LogP contribution in [0.25, 0.3) is 0 Å². The van der Waals surface area contributed by atoms with E-state index in [-0.39, 0.29) is 11.5 Å². The highest BCUT2D eigenvalue weighted by Gasteiger charge is 2.37. The largest absolute Gasteiger partial charge is 0.453 e. The molecule has 0 aromatic rings. The van der Waals surface area contributed by atoms with Crippen LogP contribution in [0.1, 0.15) is 47.5 Å². The zero-order valence-corrected chi connectivity index (χ0v) is 11.0. The van der Waals surface area contributed by atoms with Crippen molar-refractivity contribution in [1.29, 1.82) is 0 Å². The standard InChI is InChI=1S/C10H19NO2.C2H6/c1-10(2,3)8-6-5-7-11(8)9(12)13-4;1-2/h8H,5-7H2,1-4H3;1-2H3. The second kappa shape index (κ2) is 5.99. The van der Waals surface area contributed by atoms with Crippen molar-refractivity contribution in [2.75, 3.05) is 13.7 Å². The molecule has 0 radical (unpaired) electrons. The van der Waals surface area contributed by atoms with Crippen LogP contribution in [0.5, 0.6) is 0 Å². The van der Waals surface area contributed by atoms with E-state index < -0.39 is 0 Å². The molecule has 90 valence electrons. The van der Waals surface area contributed by atoms with Gasteiger partial charge in [0.25, 0.3) is 0 Å². The van der Waals surface area contributed by atoms with Crippen molar-refractivity contribution in [1.82, 2.24) is 4.90 Å². The molecule has 0 bridgehead atoms. The van der Waals surface area contributed by atoms with Gasteiger partial charge >= 0.3 is 6.09 Å². The monoisotopic (exact) mass is 215 g/mol. The van der Waals surface area contributed by atoms with Crippen molar-refractivity contribution in [3.63, 3.8) is 0 Å². The van der Waals surface area contributed by atoms with Gasteiger partial charge in [0.1, 0.15) is 0 Å². The molecule has 3 nitrogen and oxygen atoms in total. The molecule has 1 saturated heterocycles. The summed E-state index contributed by atoms with van der Waals surface area (Å²) in [6.45, 7) is 11.3. The molecule has 0 N–H and O–H groups in total. The summed E-state index contributed by atoms with van der Waals surface area (Å²) in [6, 6.07) is 0.333. The molecule has 1 amide bonds. The Morgan fingerprint density at radius 2 is 1.87 bits per heavy atom. The third-order valence-corrected chi connectivity index (χ3v) is 2.66. The van der Waals surface area contributed by atoms with E-state index in [2.05, 4.69) is 20.8 Å². The molecule has 3 heteroatoms. The lowest BCUT2D eigenvalue weighted by molar-refractivity contribution is 0.0907. The fraction of sp³-hybridized carbons (Fsp3) is 0.917. The molecule has 1 rings (SSSR count). The quantitative estimate of drug-likeness (QED) is 0.620. The number of likely N-dealkylation sites (tertiary alicyclic amines) is 1. The summed E-state index contributed by atoms with van der Waals surface area (Å²) < 4.78 is 4.75. The van der Waals surface area contributed by atoms with Crippen LogP contribution < -0.4 is 0 Å². The Morgan fingerprint density at radius 1 is 1.33 bits per heavy atom. The lowest BCUT2D eigenvalue weighted by atomic mass is 9.85. The van der Waals surface area contributed by atoms with Crippen molar-refractivity contribution in [3.8, 4) is 0 Å². The smallest absolute Gasteiger partial charge is 0.409 e. The predicted molar refractivity (Wildman–Crippen MR) is 62.9 cm³/mol. The van der Waals surface area contributed by atoms with Gasteiger partial charge in [0.2, 0.25) is 0 Å². The molecule has 15 heavy (non-hydrogen) atoms. The maximum Gasteiger partial charge on any atom is 0.409 e. The molecule has 0 saturated carbocycles. The molecule has 0 aromatic carbocycles. The second-order valence-corrected chi connectivity index (χ2v) is 4.69. The summed E-state index contributed by atoms with van der Waals surface area (Å²) in [4.78, 5) is 13.2. The average Bonchev–Trinajstić information content (AvgIpc) is 2.67. The molecule has 1 fully saturated rings. The van der Waals surface area contributed by atoms with Crippen LogP contribution in [0.15, 0.2) is 0 Å². The van der Waals surface area contributed by atoms with Crippen molar-refractivity contribution < 1.29 is 9.53 Å². The van der Waals surface area contributed by atoms with E-state index in [1.807, 2.05) is 18.7 Å². The lowest BCUT2D eigenvalue weighted by Crippen LogP contribution is -2.42. The fourth-order valence-corrected chi connectivity index (χ4v) is 2.00. The van der Waals surface area contributed by atoms with Crippen LogP contribution in [0.4, 0.5) is 4.79 Å². The number of rotatable bonds is 0. The summed E-state index contributed by atoms with van der Waals surface area (Å²) in [5.41, 5.74) is 0.157. The first-order valence-electron chi connectivity index (χ1n) is 5.81. The molecule has 1 atom stereocenters. The highest BCUT2D eigenvalue weighted by molar-refractivity contribution is 5.68. The minimum Gasteiger partial charge on any atom is -0.453 e. The first-order valence-corrected chi connectivity index (χ1v) is 5.81. The van der Waals surface area contributed by atoms with E-state index in [1.165, 1.54) is 7.11 Å². The van der Waals surface area contributed by atoms with Gasteiger partial charge in [-0.2, -0.15) is 0 Å². The fourth-order valence-electron chi connectivity index (χ4n) is 2.00. The van der Waals surface area contributed by atoms with Crippen LogP contribution >= 0.6 is 0 Å². The summed E-state index contributed by atoms with van der Waals surface area (Å²) in [6.07, 6.45) is 2.01. The number of nitrogens with zero attached hydrogens (tertiary/aromatic N) is 1. The normalized spacial score (nSPS) is 20.7. The Bertz CT molecular complexity index is 196. The van der Waals surface area contributed by atoms with Crippen LogP contribution in [0.3, 0.4) is 0 Å². The Balaban J connectivity index is 0.000000921. The number of hydrogen-bond donors (Lipinski definition) is 0. The summed E-state index contributed by atoms with van der Waals surface area (Å²) in [5, 5.41) is 0. The predicted octanol–water partition coefficient (Wildman–Crippen LogP) is 3.29. The van der Waals surface area contributed by atoms with E-state index in [1.54, 1.807) is 0 Å². The SMILES string of the molecule is CC.COC(=O)N1CCCC1C(C)(C)C. The summed E-state index contributed by atoms with van der Waals surface area (Å²) >= 11 is 0. The maximum atomic E-state index is 11.4. The van der Waals surface area contributed by atoms with E-state index in [0.717, 1.165) is 19.4 Å². The number of carbonyl (C=O) groups is 1. The molecule has 1 unspecified atom stereocenters. The third-order valence-electron chi connectivity index (χ3n) is 2.66. The Labute approximate surface area is 93.8 Å². The van der Waals surface area contributed by atoms with Gasteiger partial charge in [-0.1, -0.05) is 34.6 Å². The molecule has 0 aromatic heterocycles. The van der Waals surface area contributed by atoms with E-state index >= 15 is 0 Å². The summed E-state index contributed by atoms with van der Waals surface area (Å²) in [7, 11) is 1.44. The second-order valence-electron chi connectivity index (χ2n) is 4.69. The topological polar surface area (TPSA) is 29.5 Å². The van der Waals surface area contributed by atoms with Crippen molar-refractivity contribution >= 4 is 6.09 Å². The van der Waals surface area contributed by atoms with Crippen LogP contribution in [0.2, 0.25) is 0 Å². The van der Waals surface area contributed by atoms with Crippen LogP contribution in [-0.4, -0.2) is 30.7 Å². The molecule has 0 aliphatic carbocycles. The number of methoxy groups -OCH3 is 1. The van der Waals surface area contributed by atoms with Gasteiger partial charge in [-0.3, -0.25) is 0 Å².